The Morgan fingerprint density at radius 2 is 2.22 bits per heavy atom. The normalized spacial score (nSPS) is 10.3. The summed E-state index contributed by atoms with van der Waals surface area (Å²) in [4.78, 5) is 11.5. The van der Waals surface area contributed by atoms with E-state index < -0.39 is 0 Å². The number of rotatable bonds is 7. The van der Waals surface area contributed by atoms with E-state index in [2.05, 4.69) is 5.32 Å². The molecule has 0 atom stereocenters. The second-order valence-corrected chi connectivity index (χ2v) is 4.03. The van der Waals surface area contributed by atoms with Gasteiger partial charge in [-0.1, -0.05) is 6.92 Å². The Morgan fingerprint density at radius 1 is 1.44 bits per heavy atom. The van der Waals surface area contributed by atoms with Gasteiger partial charge in [-0.15, -0.1) is 0 Å². The minimum atomic E-state index is -0.104. The van der Waals surface area contributed by atoms with E-state index in [4.69, 9.17) is 10.5 Å². The summed E-state index contributed by atoms with van der Waals surface area (Å²) in [6, 6.07) is 4.77. The number of benzene rings is 1. The Labute approximate surface area is 107 Å². The smallest absolute Gasteiger partial charge is 0.222 e. The van der Waals surface area contributed by atoms with Crippen molar-refractivity contribution in [1.29, 1.82) is 0 Å². The third kappa shape index (κ3) is 5.05. The summed E-state index contributed by atoms with van der Waals surface area (Å²) in [5.41, 5.74) is 6.77. The van der Waals surface area contributed by atoms with E-state index in [0.29, 0.717) is 30.9 Å². The summed E-state index contributed by atoms with van der Waals surface area (Å²) in [6.07, 6.45) is 1.27. The van der Waals surface area contributed by atoms with Gasteiger partial charge in [-0.05, 0) is 24.6 Å². The van der Waals surface area contributed by atoms with E-state index >= 15 is 0 Å². The van der Waals surface area contributed by atoms with Crippen LogP contribution < -0.4 is 11.1 Å². The van der Waals surface area contributed by atoms with Crippen LogP contribution in [0, 0.1) is 0 Å². The number of nitrogens with two attached hydrogens (primary N) is 1. The van der Waals surface area contributed by atoms with E-state index in [0.717, 1.165) is 6.42 Å². The fourth-order valence-electron chi connectivity index (χ4n) is 1.44. The van der Waals surface area contributed by atoms with Crippen molar-refractivity contribution >= 4 is 11.6 Å². The molecule has 0 saturated carbocycles. The average molecular weight is 252 g/mol. The van der Waals surface area contributed by atoms with Gasteiger partial charge in [-0.25, -0.2) is 0 Å². The molecule has 0 fully saturated rings. The molecule has 5 heteroatoms. The van der Waals surface area contributed by atoms with Gasteiger partial charge < -0.3 is 20.9 Å². The molecule has 100 valence electrons. The van der Waals surface area contributed by atoms with Crippen LogP contribution in [0.15, 0.2) is 18.2 Å². The molecule has 4 N–H and O–H groups in total. The van der Waals surface area contributed by atoms with Crippen molar-refractivity contribution in [2.45, 2.75) is 26.3 Å². The molecule has 0 bridgehead atoms. The van der Waals surface area contributed by atoms with Gasteiger partial charge in [-0.2, -0.15) is 0 Å². The third-order valence-electron chi connectivity index (χ3n) is 2.40. The number of ether oxygens (including phenoxy) is 1. The minimum Gasteiger partial charge on any atom is -0.508 e. The van der Waals surface area contributed by atoms with Gasteiger partial charge in [0.2, 0.25) is 5.91 Å². The molecular weight excluding hydrogens is 232 g/mol. The number of phenolic OH excluding ortho intramolecular Hbond substituents is 1. The van der Waals surface area contributed by atoms with Crippen LogP contribution in [0.3, 0.4) is 0 Å². The zero-order valence-electron chi connectivity index (χ0n) is 10.6. The molecule has 18 heavy (non-hydrogen) atoms. The highest BCUT2D eigenvalue weighted by Gasteiger charge is 2.05. The van der Waals surface area contributed by atoms with Crippen molar-refractivity contribution in [2.24, 2.45) is 0 Å². The van der Waals surface area contributed by atoms with Gasteiger partial charge in [0.1, 0.15) is 5.75 Å². The largest absolute Gasteiger partial charge is 0.508 e. The average Bonchev–Trinajstić information content (AvgIpc) is 2.36. The van der Waals surface area contributed by atoms with Crippen LogP contribution in [-0.2, 0) is 16.1 Å². The van der Waals surface area contributed by atoms with E-state index in [1.54, 1.807) is 12.1 Å². The van der Waals surface area contributed by atoms with Crippen LogP contribution in [0.2, 0.25) is 0 Å². The van der Waals surface area contributed by atoms with Crippen molar-refractivity contribution in [3.05, 3.63) is 23.8 Å². The third-order valence-corrected chi connectivity index (χ3v) is 2.40. The molecule has 0 radical (unpaired) electrons. The van der Waals surface area contributed by atoms with Crippen molar-refractivity contribution in [3.8, 4) is 5.75 Å². The number of amides is 1. The number of nitrogens with one attached hydrogen (secondary N) is 1. The minimum absolute atomic E-state index is 0.104. The Balaban J connectivity index is 2.31. The van der Waals surface area contributed by atoms with Gasteiger partial charge in [0.25, 0.3) is 0 Å². The molecule has 0 aliphatic rings. The fraction of sp³-hybridized carbons (Fsp3) is 0.462. The molecule has 1 aromatic carbocycles. The number of phenols is 1. The first-order valence-electron chi connectivity index (χ1n) is 6.05. The number of hydrogen-bond acceptors (Lipinski definition) is 4. The quantitative estimate of drug-likeness (QED) is 0.389. The molecule has 5 nitrogen and oxygen atoms in total. The molecule has 0 aromatic heterocycles. The van der Waals surface area contributed by atoms with Crippen LogP contribution in [0.4, 0.5) is 5.69 Å². The van der Waals surface area contributed by atoms with Gasteiger partial charge in [0.05, 0.1) is 6.61 Å². The number of anilines is 1. The van der Waals surface area contributed by atoms with Gasteiger partial charge in [0, 0.05) is 30.8 Å². The maximum Gasteiger partial charge on any atom is 0.222 e. The highest BCUT2D eigenvalue weighted by Crippen LogP contribution is 2.19. The van der Waals surface area contributed by atoms with E-state index in [9.17, 15) is 9.90 Å². The highest BCUT2D eigenvalue weighted by molar-refractivity contribution is 5.76. The monoisotopic (exact) mass is 252 g/mol. The zero-order chi connectivity index (χ0) is 13.4. The summed E-state index contributed by atoms with van der Waals surface area (Å²) < 4.78 is 5.22. The highest BCUT2D eigenvalue weighted by atomic mass is 16.5. The molecule has 0 unspecified atom stereocenters. The van der Waals surface area contributed by atoms with E-state index in [-0.39, 0.29) is 18.2 Å². The summed E-state index contributed by atoms with van der Waals surface area (Å²) in [6.45, 7) is 3.37. The lowest BCUT2D eigenvalue weighted by Gasteiger charge is -2.08. The Morgan fingerprint density at radius 3 is 2.94 bits per heavy atom. The lowest BCUT2D eigenvalue weighted by atomic mass is 10.2. The van der Waals surface area contributed by atoms with Crippen molar-refractivity contribution in [1.82, 2.24) is 5.32 Å². The molecule has 1 rings (SSSR count). The SMILES string of the molecule is CCCOCCC(=O)NCc1cc(N)ccc1O. The maximum absolute atomic E-state index is 11.5. The van der Waals surface area contributed by atoms with Crippen molar-refractivity contribution in [2.75, 3.05) is 18.9 Å². The Hall–Kier alpha value is -1.75. The molecular formula is C13H20N2O3. The molecule has 0 aliphatic heterocycles. The molecule has 0 aliphatic carbocycles. The first kappa shape index (κ1) is 14.3. The number of hydrogen-bond donors (Lipinski definition) is 3. The molecule has 0 saturated heterocycles. The summed E-state index contributed by atoms with van der Waals surface area (Å²) in [5.74, 6) is 0.0275. The summed E-state index contributed by atoms with van der Waals surface area (Å²) in [7, 11) is 0. The van der Waals surface area contributed by atoms with Crippen LogP contribution in [0.1, 0.15) is 25.3 Å². The van der Waals surface area contributed by atoms with Crippen LogP contribution in [-0.4, -0.2) is 24.2 Å². The fourth-order valence-corrected chi connectivity index (χ4v) is 1.44. The molecule has 1 amide bonds. The zero-order valence-corrected chi connectivity index (χ0v) is 10.6. The summed E-state index contributed by atoms with van der Waals surface area (Å²) >= 11 is 0. The van der Waals surface area contributed by atoms with Crippen molar-refractivity contribution < 1.29 is 14.6 Å². The lowest BCUT2D eigenvalue weighted by Crippen LogP contribution is -2.24. The maximum atomic E-state index is 11.5. The predicted molar refractivity (Wildman–Crippen MR) is 70.1 cm³/mol. The number of carbonyl (C=O) groups excluding carboxylic acids is 1. The van der Waals surface area contributed by atoms with E-state index in [1.165, 1.54) is 6.07 Å². The molecule has 1 aromatic rings. The second-order valence-electron chi connectivity index (χ2n) is 4.03. The molecule has 0 heterocycles. The number of carbonyl (C=O) groups is 1. The predicted octanol–water partition coefficient (Wildman–Crippen LogP) is 1.41. The second kappa shape index (κ2) is 7.55. The standard InChI is InChI=1S/C13H20N2O3/c1-2-6-18-7-5-13(17)15-9-10-8-11(14)3-4-12(10)16/h3-4,8,16H,2,5-7,9,14H2,1H3,(H,15,17). The van der Waals surface area contributed by atoms with Gasteiger partial charge in [0.15, 0.2) is 0 Å². The van der Waals surface area contributed by atoms with Crippen LogP contribution in [0.5, 0.6) is 5.75 Å². The Kier molecular flexibility index (Phi) is 6.00. The Bertz CT molecular complexity index is 394. The molecule has 0 spiro atoms. The van der Waals surface area contributed by atoms with E-state index in [1.807, 2.05) is 6.92 Å². The van der Waals surface area contributed by atoms with Crippen LogP contribution in [0.25, 0.3) is 0 Å². The van der Waals surface area contributed by atoms with Crippen molar-refractivity contribution in [3.63, 3.8) is 0 Å². The first-order chi connectivity index (χ1) is 8.63. The first-order valence-corrected chi connectivity index (χ1v) is 6.05. The lowest BCUT2D eigenvalue weighted by molar-refractivity contribution is -0.122. The van der Waals surface area contributed by atoms with Gasteiger partial charge in [-0.3, -0.25) is 4.79 Å². The topological polar surface area (TPSA) is 84.6 Å². The number of nitrogen functional groups attached to an aromatic ring is 1. The summed E-state index contributed by atoms with van der Waals surface area (Å²) in [5, 5.41) is 12.3. The number of aromatic hydroxyl groups is 1. The van der Waals surface area contributed by atoms with Gasteiger partial charge >= 0.3 is 0 Å². The van der Waals surface area contributed by atoms with Crippen LogP contribution >= 0.6 is 0 Å².